The Hall–Kier alpha value is -1.26. The van der Waals surface area contributed by atoms with Crippen LogP contribution in [0.4, 0.5) is 0 Å². The van der Waals surface area contributed by atoms with Crippen molar-refractivity contribution < 1.29 is 39.6 Å². The molecule has 544 valence electrons. The fourth-order valence-corrected chi connectivity index (χ4v) is 15.0. The quantitative estimate of drug-likeness (QED) is 0.0318. The minimum Gasteiger partial charge on any atom is -0.392 e. The Kier molecular flexibility index (Phi) is 64.6. The first-order chi connectivity index (χ1) is 44.9. The molecule has 1 saturated heterocycles. The van der Waals surface area contributed by atoms with Gasteiger partial charge in [0, 0.05) is 63.6 Å². The van der Waals surface area contributed by atoms with Crippen LogP contribution in [0.1, 0.15) is 387 Å². The predicted molar refractivity (Wildman–Crippen MR) is 397 cm³/mol. The Bertz CT molecular complexity index is 1460. The van der Waals surface area contributed by atoms with Gasteiger partial charge in [0.25, 0.3) is 0 Å². The number of rotatable bonds is 72. The topological polar surface area (TPSA) is 180 Å². The molecule has 6 unspecified atom stereocenters. The average molecular weight is 1340 g/mol. The smallest absolute Gasteiger partial charge is 0.243 e. The van der Waals surface area contributed by atoms with Gasteiger partial charge in [-0.1, -0.05) is 359 Å². The third kappa shape index (κ3) is 57.8. The maximum atomic E-state index is 13.3. The molecule has 1 aliphatic rings. The Morgan fingerprint density at radius 1 is 0.326 bits per heavy atom. The van der Waals surface area contributed by atoms with Gasteiger partial charge in [-0.15, -0.1) is 0 Å². The summed E-state index contributed by atoms with van der Waals surface area (Å²) >= 11 is 2.42. The number of nitrogens with zero attached hydrogens (tertiary/aromatic N) is 2. The van der Waals surface area contributed by atoms with Crippen molar-refractivity contribution in [3.05, 3.63) is 0 Å². The highest BCUT2D eigenvalue weighted by Gasteiger charge is 2.34. The second kappa shape index (κ2) is 66.9. The molecular weight excluding hydrogens is 1190 g/mol. The summed E-state index contributed by atoms with van der Waals surface area (Å²) in [4.78, 5) is 57.3. The molecule has 2 amide bonds. The predicted octanol–water partition coefficient (Wildman–Crippen LogP) is 19.5. The molecule has 0 bridgehead atoms. The molecule has 92 heavy (non-hydrogen) atoms. The Morgan fingerprint density at radius 2 is 0.511 bits per heavy atom. The zero-order valence-electron chi connectivity index (χ0n) is 60.9. The van der Waals surface area contributed by atoms with Crippen molar-refractivity contribution in [3.63, 3.8) is 0 Å². The van der Waals surface area contributed by atoms with Crippen molar-refractivity contribution >= 4 is 45.6 Å². The maximum absolute atomic E-state index is 13.3. The lowest BCUT2D eigenvalue weighted by atomic mass is 10.0. The van der Waals surface area contributed by atoms with Gasteiger partial charge in [-0.2, -0.15) is 0 Å². The molecule has 6 atom stereocenters. The molecular formula is C78H152N4O8S2. The zero-order valence-corrected chi connectivity index (χ0v) is 62.5. The van der Waals surface area contributed by atoms with Gasteiger partial charge in [0.1, 0.15) is 12.1 Å². The van der Waals surface area contributed by atoms with E-state index in [1.807, 2.05) is 0 Å². The van der Waals surface area contributed by atoms with Crippen LogP contribution in [0.15, 0.2) is 0 Å². The van der Waals surface area contributed by atoms with Crippen LogP contribution in [-0.4, -0.2) is 140 Å². The summed E-state index contributed by atoms with van der Waals surface area (Å²) in [5, 5.41) is 50.2. The number of hydrogen-bond donors (Lipinski definition) is 6. The molecule has 0 radical (unpaired) electrons. The molecule has 1 aliphatic heterocycles. The average Bonchev–Trinajstić information content (AvgIpc) is 1.07. The molecule has 1 fully saturated rings. The van der Waals surface area contributed by atoms with Crippen LogP contribution in [0.25, 0.3) is 0 Å². The highest BCUT2D eigenvalue weighted by Crippen LogP contribution is 2.21. The van der Waals surface area contributed by atoms with Crippen LogP contribution in [0, 0.1) is 0 Å². The molecule has 0 spiro atoms. The largest absolute Gasteiger partial charge is 0.392 e. The van der Waals surface area contributed by atoms with Crippen LogP contribution in [0.2, 0.25) is 0 Å². The molecule has 0 aromatic heterocycles. The van der Waals surface area contributed by atoms with E-state index in [9.17, 15) is 39.6 Å². The SMILES string of the molecule is CCCCCCCCCCCCCCC(O)CN(CCSC(=O)CCC1NC(=O)C(CCC(=O)SCCN(CC(O)CCCCCCCCCCCCCC)CC(O)CCCCCCCCCCCCCC)NC1=O)CC(O)CCCCCCCCCCCCCC. The Balaban J connectivity index is 2.60. The number of carbonyl (C=O) groups is 4. The van der Waals surface area contributed by atoms with E-state index in [0.29, 0.717) is 50.8 Å². The number of amides is 2. The van der Waals surface area contributed by atoms with Crippen molar-refractivity contribution in [1.82, 2.24) is 20.4 Å². The van der Waals surface area contributed by atoms with E-state index in [4.69, 9.17) is 0 Å². The molecule has 6 N–H and O–H groups in total. The highest BCUT2D eigenvalue weighted by atomic mass is 32.2. The second-order valence-corrected chi connectivity index (χ2v) is 30.8. The standard InChI is InChI=1S/C78H152N4O8S2/c1-5-9-13-17-21-25-29-33-37-41-45-49-53-69(83)65-81(66-70(84)54-50-46-42-38-34-30-26-22-18-14-10-6-2)61-63-91-75(87)59-57-73-77(89)80-74(78(90)79-73)58-60-76(88)92-64-62-82(67-71(85)55-51-47-43-39-35-31-27-23-19-15-11-7-3)68-72(86)56-52-48-44-40-36-32-28-24-20-16-12-8-4/h69-74,83-86H,5-68H2,1-4H3,(H,79,90)(H,80,89). The van der Waals surface area contributed by atoms with Gasteiger partial charge in [-0.25, -0.2) is 0 Å². The van der Waals surface area contributed by atoms with Crippen molar-refractivity contribution in [2.75, 3.05) is 50.8 Å². The van der Waals surface area contributed by atoms with E-state index in [-0.39, 0.29) is 47.7 Å². The Labute approximate surface area is 577 Å². The van der Waals surface area contributed by atoms with Crippen LogP contribution < -0.4 is 10.6 Å². The maximum Gasteiger partial charge on any atom is 0.243 e. The summed E-state index contributed by atoms with van der Waals surface area (Å²) < 4.78 is 0. The zero-order chi connectivity index (χ0) is 67.0. The number of carbonyl (C=O) groups excluding carboxylic acids is 4. The summed E-state index contributed by atoms with van der Waals surface area (Å²) in [5.74, 6) is 0.326. The first-order valence-electron chi connectivity index (χ1n) is 40.0. The molecule has 1 rings (SSSR count). The normalized spacial score (nSPS) is 15.8. The fourth-order valence-electron chi connectivity index (χ4n) is 13.3. The third-order valence-electron chi connectivity index (χ3n) is 19.3. The van der Waals surface area contributed by atoms with Crippen LogP contribution in [0.5, 0.6) is 0 Å². The molecule has 12 nitrogen and oxygen atoms in total. The van der Waals surface area contributed by atoms with E-state index in [1.165, 1.54) is 280 Å². The molecule has 0 aliphatic carbocycles. The number of piperazine rings is 1. The molecule has 0 aromatic rings. The van der Waals surface area contributed by atoms with Gasteiger partial charge >= 0.3 is 0 Å². The lowest BCUT2D eigenvalue weighted by Gasteiger charge is -2.29. The van der Waals surface area contributed by atoms with E-state index >= 15 is 0 Å². The lowest BCUT2D eigenvalue weighted by Crippen LogP contribution is -2.61. The van der Waals surface area contributed by atoms with Gasteiger partial charge < -0.3 is 31.1 Å². The number of hydrogen-bond acceptors (Lipinski definition) is 12. The Morgan fingerprint density at radius 3 is 0.707 bits per heavy atom. The monoisotopic (exact) mass is 1340 g/mol. The van der Waals surface area contributed by atoms with Crippen molar-refractivity contribution in [3.8, 4) is 0 Å². The number of thioether (sulfide) groups is 2. The fraction of sp³-hybridized carbons (Fsp3) is 0.949. The van der Waals surface area contributed by atoms with E-state index < -0.39 is 36.5 Å². The summed E-state index contributed by atoms with van der Waals surface area (Å²) in [6, 6.07) is -1.65. The first-order valence-corrected chi connectivity index (χ1v) is 42.0. The van der Waals surface area contributed by atoms with Crippen LogP contribution >= 0.6 is 23.5 Å². The number of unbranched alkanes of at least 4 members (excludes halogenated alkanes) is 44. The van der Waals surface area contributed by atoms with Gasteiger partial charge in [0.2, 0.25) is 11.8 Å². The van der Waals surface area contributed by atoms with E-state index in [2.05, 4.69) is 48.1 Å². The first kappa shape index (κ1) is 88.8. The summed E-state index contributed by atoms with van der Waals surface area (Å²) in [6.45, 7) is 12.1. The third-order valence-corrected chi connectivity index (χ3v) is 21.1. The molecule has 1 heterocycles. The van der Waals surface area contributed by atoms with Crippen molar-refractivity contribution in [2.45, 2.75) is 424 Å². The number of aliphatic hydroxyl groups is 4. The van der Waals surface area contributed by atoms with Gasteiger partial charge in [0.15, 0.2) is 10.2 Å². The van der Waals surface area contributed by atoms with Gasteiger partial charge in [-0.05, 0) is 38.5 Å². The van der Waals surface area contributed by atoms with Crippen LogP contribution in [0.3, 0.4) is 0 Å². The van der Waals surface area contributed by atoms with E-state index in [1.54, 1.807) is 0 Å². The molecule has 0 saturated carbocycles. The van der Waals surface area contributed by atoms with Crippen molar-refractivity contribution in [1.29, 1.82) is 0 Å². The molecule has 14 heteroatoms. The summed E-state index contributed by atoms with van der Waals surface area (Å²) in [7, 11) is 0. The van der Waals surface area contributed by atoms with Gasteiger partial charge in [-0.3, -0.25) is 29.0 Å². The lowest BCUT2D eigenvalue weighted by molar-refractivity contribution is -0.137. The van der Waals surface area contributed by atoms with E-state index in [0.717, 1.165) is 77.0 Å². The minimum atomic E-state index is -0.827. The highest BCUT2D eigenvalue weighted by molar-refractivity contribution is 8.13. The summed E-state index contributed by atoms with van der Waals surface area (Å²) in [6.07, 6.45) is 62.7. The second-order valence-electron chi connectivity index (χ2n) is 28.5. The number of nitrogens with one attached hydrogen (secondary N) is 2. The molecule has 0 aromatic carbocycles. The number of aliphatic hydroxyl groups excluding tert-OH is 4. The van der Waals surface area contributed by atoms with Gasteiger partial charge in [0.05, 0.1) is 24.4 Å². The minimum absolute atomic E-state index is 0.0624. The van der Waals surface area contributed by atoms with Crippen molar-refractivity contribution in [2.24, 2.45) is 0 Å². The van der Waals surface area contributed by atoms with Crippen LogP contribution in [-0.2, 0) is 19.2 Å². The summed E-state index contributed by atoms with van der Waals surface area (Å²) in [5.41, 5.74) is 0.